The van der Waals surface area contributed by atoms with Gasteiger partial charge in [0.05, 0.1) is 29.4 Å². The van der Waals surface area contributed by atoms with Crippen molar-refractivity contribution in [3.8, 4) is 6.07 Å². The first-order valence-electron chi connectivity index (χ1n) is 5.12. The van der Waals surface area contributed by atoms with Gasteiger partial charge in [-0.15, -0.1) is 0 Å². The van der Waals surface area contributed by atoms with Crippen LogP contribution in [0.4, 0.5) is 4.39 Å². The molecular formula is C12H6Cl2FN3O. The van der Waals surface area contributed by atoms with Gasteiger partial charge in [-0.3, -0.25) is 4.79 Å². The molecule has 0 bridgehead atoms. The van der Waals surface area contributed by atoms with Crippen molar-refractivity contribution in [2.24, 2.45) is 0 Å². The fraction of sp³-hybridized carbons (Fsp3) is 0.0833. The standard InChI is InChI=1S/C12H6Cl2FN3O/c13-9-5-17-18(12(19)11(9)14)6-8-2-1-7(4-16)3-10(8)15/h1-3,5H,6H2. The smallest absolute Gasteiger partial charge is 0.266 e. The van der Waals surface area contributed by atoms with Crippen molar-refractivity contribution in [1.29, 1.82) is 5.26 Å². The predicted molar refractivity (Wildman–Crippen MR) is 68.7 cm³/mol. The number of nitrogens with zero attached hydrogens (tertiary/aromatic N) is 3. The summed E-state index contributed by atoms with van der Waals surface area (Å²) in [6, 6.07) is 5.80. The molecule has 0 saturated heterocycles. The summed E-state index contributed by atoms with van der Waals surface area (Å²) < 4.78 is 14.7. The second-order valence-electron chi connectivity index (χ2n) is 3.69. The van der Waals surface area contributed by atoms with Gasteiger partial charge in [-0.25, -0.2) is 9.07 Å². The second-order valence-corrected chi connectivity index (χ2v) is 4.47. The van der Waals surface area contributed by atoms with E-state index in [9.17, 15) is 9.18 Å². The summed E-state index contributed by atoms with van der Waals surface area (Å²) in [6.07, 6.45) is 1.22. The van der Waals surface area contributed by atoms with Crippen molar-refractivity contribution in [3.63, 3.8) is 0 Å². The predicted octanol–water partition coefficient (Wildman–Crippen LogP) is 2.61. The Balaban J connectivity index is 2.40. The average Bonchev–Trinajstić information content (AvgIpc) is 2.41. The van der Waals surface area contributed by atoms with Crippen LogP contribution in [0.1, 0.15) is 11.1 Å². The molecule has 7 heteroatoms. The molecule has 0 aliphatic heterocycles. The van der Waals surface area contributed by atoms with E-state index in [0.717, 1.165) is 10.7 Å². The molecule has 0 atom stereocenters. The van der Waals surface area contributed by atoms with E-state index in [1.807, 2.05) is 6.07 Å². The number of rotatable bonds is 2. The van der Waals surface area contributed by atoms with Crippen LogP contribution in [0.3, 0.4) is 0 Å². The van der Waals surface area contributed by atoms with Gasteiger partial charge < -0.3 is 0 Å². The van der Waals surface area contributed by atoms with Crippen LogP contribution in [0.15, 0.2) is 29.2 Å². The highest BCUT2D eigenvalue weighted by Gasteiger charge is 2.10. The molecule has 0 N–H and O–H groups in total. The minimum absolute atomic E-state index is 0.0446. The van der Waals surface area contributed by atoms with Gasteiger partial charge in [0.15, 0.2) is 0 Å². The third-order valence-electron chi connectivity index (χ3n) is 2.44. The zero-order valence-corrected chi connectivity index (χ0v) is 10.9. The van der Waals surface area contributed by atoms with E-state index in [2.05, 4.69) is 5.10 Å². The summed E-state index contributed by atoms with van der Waals surface area (Å²) in [5.41, 5.74) is -0.166. The first kappa shape index (κ1) is 13.5. The first-order chi connectivity index (χ1) is 9.02. The quantitative estimate of drug-likeness (QED) is 0.856. The number of aromatic nitrogens is 2. The molecule has 0 fully saturated rings. The topological polar surface area (TPSA) is 58.7 Å². The number of benzene rings is 1. The highest BCUT2D eigenvalue weighted by molar-refractivity contribution is 6.41. The van der Waals surface area contributed by atoms with Crippen molar-refractivity contribution in [3.05, 3.63) is 61.7 Å². The Morgan fingerprint density at radius 2 is 2.16 bits per heavy atom. The molecule has 1 aromatic heterocycles. The van der Waals surface area contributed by atoms with Crippen molar-refractivity contribution in [2.45, 2.75) is 6.54 Å². The van der Waals surface area contributed by atoms with E-state index >= 15 is 0 Å². The molecule has 0 unspecified atom stereocenters. The summed E-state index contributed by atoms with van der Waals surface area (Å²) in [5, 5.41) is 12.3. The maximum absolute atomic E-state index is 13.7. The molecule has 1 heterocycles. The summed E-state index contributed by atoms with van der Waals surface area (Å²) in [5.74, 6) is -0.584. The molecule has 2 aromatic rings. The van der Waals surface area contributed by atoms with Crippen molar-refractivity contribution in [1.82, 2.24) is 9.78 Å². The molecular weight excluding hydrogens is 292 g/mol. The molecule has 0 radical (unpaired) electrons. The van der Waals surface area contributed by atoms with Crippen LogP contribution in [0.25, 0.3) is 0 Å². The number of nitriles is 1. The highest BCUT2D eigenvalue weighted by Crippen LogP contribution is 2.16. The van der Waals surface area contributed by atoms with E-state index in [1.54, 1.807) is 0 Å². The summed E-state index contributed by atoms with van der Waals surface area (Å²) in [4.78, 5) is 11.7. The van der Waals surface area contributed by atoms with Gasteiger partial charge in [0.2, 0.25) is 0 Å². The summed E-state index contributed by atoms with van der Waals surface area (Å²) in [7, 11) is 0. The third-order valence-corrected chi connectivity index (χ3v) is 3.19. The fourth-order valence-corrected chi connectivity index (χ4v) is 1.73. The lowest BCUT2D eigenvalue weighted by molar-refractivity contribution is 0.572. The Morgan fingerprint density at radius 1 is 1.42 bits per heavy atom. The Morgan fingerprint density at radius 3 is 2.79 bits per heavy atom. The zero-order valence-electron chi connectivity index (χ0n) is 9.40. The van der Waals surface area contributed by atoms with Crippen LogP contribution in [-0.2, 0) is 6.54 Å². The first-order valence-corrected chi connectivity index (χ1v) is 5.88. The Bertz CT molecular complexity index is 737. The fourth-order valence-electron chi connectivity index (χ4n) is 1.46. The van der Waals surface area contributed by atoms with E-state index in [0.29, 0.717) is 0 Å². The number of halogens is 3. The van der Waals surface area contributed by atoms with Gasteiger partial charge in [-0.1, -0.05) is 29.3 Å². The van der Waals surface area contributed by atoms with Crippen LogP contribution < -0.4 is 5.56 Å². The number of hydrogen-bond acceptors (Lipinski definition) is 3. The molecule has 0 aliphatic rings. The minimum atomic E-state index is -0.599. The van der Waals surface area contributed by atoms with E-state index < -0.39 is 11.4 Å². The molecule has 19 heavy (non-hydrogen) atoms. The summed E-state index contributed by atoms with van der Waals surface area (Å²) in [6.45, 7) is -0.0900. The van der Waals surface area contributed by atoms with Crippen LogP contribution >= 0.6 is 23.2 Å². The van der Waals surface area contributed by atoms with Gasteiger partial charge in [0.1, 0.15) is 10.8 Å². The van der Waals surface area contributed by atoms with Gasteiger partial charge in [-0.05, 0) is 12.1 Å². The van der Waals surface area contributed by atoms with E-state index in [4.69, 9.17) is 28.5 Å². The molecule has 1 aromatic carbocycles. The Labute approximate surface area is 117 Å². The maximum Gasteiger partial charge on any atom is 0.287 e. The summed E-state index contributed by atoms with van der Waals surface area (Å²) >= 11 is 11.3. The van der Waals surface area contributed by atoms with Gasteiger partial charge in [-0.2, -0.15) is 10.4 Å². The third kappa shape index (κ3) is 2.75. The van der Waals surface area contributed by atoms with Crippen LogP contribution in [0, 0.1) is 17.1 Å². The molecule has 0 amide bonds. The lowest BCUT2D eigenvalue weighted by Crippen LogP contribution is -2.24. The highest BCUT2D eigenvalue weighted by atomic mass is 35.5. The minimum Gasteiger partial charge on any atom is -0.266 e. The van der Waals surface area contributed by atoms with Crippen LogP contribution in [-0.4, -0.2) is 9.78 Å². The van der Waals surface area contributed by atoms with Crippen LogP contribution in [0.5, 0.6) is 0 Å². The van der Waals surface area contributed by atoms with Gasteiger partial charge >= 0.3 is 0 Å². The number of hydrogen-bond donors (Lipinski definition) is 0. The molecule has 0 aliphatic carbocycles. The van der Waals surface area contributed by atoms with Crippen molar-refractivity contribution >= 4 is 23.2 Å². The Hall–Kier alpha value is -1.90. The Kier molecular flexibility index (Phi) is 3.84. The SMILES string of the molecule is N#Cc1ccc(Cn2ncc(Cl)c(Cl)c2=O)c(F)c1. The molecule has 0 saturated carbocycles. The normalized spacial score (nSPS) is 10.2. The van der Waals surface area contributed by atoms with Gasteiger partial charge in [0.25, 0.3) is 5.56 Å². The second kappa shape index (κ2) is 5.39. The largest absolute Gasteiger partial charge is 0.287 e. The van der Waals surface area contributed by atoms with Gasteiger partial charge in [0, 0.05) is 5.56 Å². The maximum atomic E-state index is 13.7. The lowest BCUT2D eigenvalue weighted by Gasteiger charge is -2.06. The van der Waals surface area contributed by atoms with Crippen molar-refractivity contribution in [2.75, 3.05) is 0 Å². The van der Waals surface area contributed by atoms with Crippen molar-refractivity contribution < 1.29 is 4.39 Å². The zero-order chi connectivity index (χ0) is 14.0. The lowest BCUT2D eigenvalue weighted by atomic mass is 10.1. The van der Waals surface area contributed by atoms with Crippen LogP contribution in [0.2, 0.25) is 10.0 Å². The van der Waals surface area contributed by atoms with E-state index in [1.165, 1.54) is 18.3 Å². The molecule has 4 nitrogen and oxygen atoms in total. The van der Waals surface area contributed by atoms with E-state index in [-0.39, 0.29) is 27.7 Å². The molecule has 0 spiro atoms. The average molecular weight is 298 g/mol. The molecule has 2 rings (SSSR count). The molecule has 96 valence electrons. The monoisotopic (exact) mass is 297 g/mol.